The molecule has 0 aromatic heterocycles. The number of phenols is 1. The first kappa shape index (κ1) is 10.7. The van der Waals surface area contributed by atoms with E-state index < -0.39 is 0 Å². The molecule has 0 atom stereocenters. The lowest BCUT2D eigenvalue weighted by atomic mass is 9.97. The monoisotopic (exact) mass is 214 g/mol. The molecule has 0 fully saturated rings. The Morgan fingerprint density at radius 3 is 2.38 bits per heavy atom. The molecule has 0 saturated carbocycles. The van der Waals surface area contributed by atoms with Crippen LogP contribution in [0.3, 0.4) is 0 Å². The van der Waals surface area contributed by atoms with Gasteiger partial charge in [0.2, 0.25) is 0 Å². The van der Waals surface area contributed by atoms with Crippen molar-refractivity contribution in [3.8, 4) is 16.9 Å². The van der Waals surface area contributed by atoms with Crippen LogP contribution in [-0.2, 0) is 6.42 Å². The second-order valence-corrected chi connectivity index (χ2v) is 3.68. The molecule has 16 heavy (non-hydrogen) atoms. The zero-order valence-electron chi connectivity index (χ0n) is 8.93. The topological polar surface area (TPSA) is 40.5 Å². The summed E-state index contributed by atoms with van der Waals surface area (Å²) >= 11 is 0. The summed E-state index contributed by atoms with van der Waals surface area (Å²) in [6.45, 7) is 0.116. The van der Waals surface area contributed by atoms with Gasteiger partial charge in [0.15, 0.2) is 0 Å². The lowest BCUT2D eigenvalue weighted by Gasteiger charge is -2.09. The lowest BCUT2D eigenvalue weighted by Crippen LogP contribution is -1.94. The fourth-order valence-corrected chi connectivity index (χ4v) is 1.79. The number of aromatic hydroxyl groups is 1. The number of aliphatic hydroxyl groups is 1. The number of hydrogen-bond acceptors (Lipinski definition) is 2. The highest BCUT2D eigenvalue weighted by molar-refractivity contribution is 5.68. The molecular formula is C14H14O2. The van der Waals surface area contributed by atoms with Gasteiger partial charge in [0, 0.05) is 6.61 Å². The highest BCUT2D eigenvalue weighted by atomic mass is 16.3. The van der Waals surface area contributed by atoms with E-state index in [9.17, 15) is 5.11 Å². The molecule has 2 aromatic rings. The second kappa shape index (κ2) is 4.81. The van der Waals surface area contributed by atoms with Gasteiger partial charge in [-0.15, -0.1) is 0 Å². The third-order valence-corrected chi connectivity index (χ3v) is 2.56. The third-order valence-electron chi connectivity index (χ3n) is 2.56. The second-order valence-electron chi connectivity index (χ2n) is 3.68. The third kappa shape index (κ3) is 2.23. The zero-order chi connectivity index (χ0) is 11.4. The first-order valence-electron chi connectivity index (χ1n) is 5.29. The molecule has 0 saturated heterocycles. The number of benzene rings is 2. The van der Waals surface area contributed by atoms with E-state index in [1.165, 1.54) is 0 Å². The van der Waals surface area contributed by atoms with Gasteiger partial charge in [-0.25, -0.2) is 0 Å². The normalized spacial score (nSPS) is 10.3. The zero-order valence-corrected chi connectivity index (χ0v) is 8.93. The summed E-state index contributed by atoms with van der Waals surface area (Å²) < 4.78 is 0. The van der Waals surface area contributed by atoms with Gasteiger partial charge >= 0.3 is 0 Å². The Hall–Kier alpha value is -1.80. The molecule has 2 N–H and O–H groups in total. The van der Waals surface area contributed by atoms with Gasteiger partial charge in [0.1, 0.15) is 5.75 Å². The van der Waals surface area contributed by atoms with Gasteiger partial charge < -0.3 is 10.2 Å². The Kier molecular flexibility index (Phi) is 3.22. The molecule has 0 radical (unpaired) electrons. The van der Waals surface area contributed by atoms with Crippen LogP contribution < -0.4 is 0 Å². The van der Waals surface area contributed by atoms with Crippen molar-refractivity contribution in [3.63, 3.8) is 0 Å². The van der Waals surface area contributed by atoms with Crippen molar-refractivity contribution in [1.29, 1.82) is 0 Å². The average molecular weight is 214 g/mol. The van der Waals surface area contributed by atoms with Crippen LogP contribution in [0.2, 0.25) is 0 Å². The van der Waals surface area contributed by atoms with Crippen molar-refractivity contribution in [3.05, 3.63) is 54.1 Å². The van der Waals surface area contributed by atoms with E-state index >= 15 is 0 Å². The first-order chi connectivity index (χ1) is 7.81. The minimum absolute atomic E-state index is 0.116. The van der Waals surface area contributed by atoms with E-state index in [0.29, 0.717) is 6.42 Å². The van der Waals surface area contributed by atoms with Crippen LogP contribution in [0.4, 0.5) is 0 Å². The quantitative estimate of drug-likeness (QED) is 0.824. The molecule has 2 heteroatoms. The molecule has 2 rings (SSSR count). The highest BCUT2D eigenvalue weighted by Crippen LogP contribution is 2.27. The summed E-state index contributed by atoms with van der Waals surface area (Å²) in [5, 5.41) is 18.5. The Morgan fingerprint density at radius 2 is 1.69 bits per heavy atom. The first-order valence-corrected chi connectivity index (χ1v) is 5.29. The van der Waals surface area contributed by atoms with Crippen LogP contribution >= 0.6 is 0 Å². The van der Waals surface area contributed by atoms with Crippen molar-refractivity contribution < 1.29 is 10.2 Å². The van der Waals surface area contributed by atoms with Crippen LogP contribution in [0.25, 0.3) is 11.1 Å². The summed E-state index contributed by atoms with van der Waals surface area (Å²) in [6, 6.07) is 15.1. The van der Waals surface area contributed by atoms with Crippen molar-refractivity contribution >= 4 is 0 Å². The summed E-state index contributed by atoms with van der Waals surface area (Å²) in [7, 11) is 0. The number of rotatable bonds is 3. The molecule has 82 valence electrons. The van der Waals surface area contributed by atoms with Gasteiger partial charge in [-0.2, -0.15) is 0 Å². The van der Waals surface area contributed by atoms with Gasteiger partial charge in [0.05, 0.1) is 0 Å². The molecular weight excluding hydrogens is 200 g/mol. The Labute approximate surface area is 94.8 Å². The molecule has 0 unspecified atom stereocenters. The van der Waals surface area contributed by atoms with Crippen molar-refractivity contribution in [2.45, 2.75) is 6.42 Å². The average Bonchev–Trinajstić information content (AvgIpc) is 2.33. The fourth-order valence-electron chi connectivity index (χ4n) is 1.79. The minimum atomic E-state index is 0.116. The summed E-state index contributed by atoms with van der Waals surface area (Å²) in [4.78, 5) is 0. The predicted octanol–water partition coefficient (Wildman–Crippen LogP) is 2.59. The SMILES string of the molecule is OCCc1ccc(O)cc1-c1ccccc1. The van der Waals surface area contributed by atoms with Gasteiger partial charge in [0.25, 0.3) is 0 Å². The van der Waals surface area contributed by atoms with E-state index in [2.05, 4.69) is 0 Å². The van der Waals surface area contributed by atoms with E-state index in [0.717, 1.165) is 16.7 Å². The molecule has 0 aliphatic heterocycles. The fraction of sp³-hybridized carbons (Fsp3) is 0.143. The number of hydrogen-bond donors (Lipinski definition) is 2. The Bertz CT molecular complexity index is 463. The largest absolute Gasteiger partial charge is 0.508 e. The van der Waals surface area contributed by atoms with Crippen molar-refractivity contribution in [1.82, 2.24) is 0 Å². The van der Waals surface area contributed by atoms with Crippen LogP contribution in [0.1, 0.15) is 5.56 Å². The standard InChI is InChI=1S/C14H14O2/c15-9-8-12-6-7-13(16)10-14(12)11-4-2-1-3-5-11/h1-7,10,15-16H,8-9H2. The van der Waals surface area contributed by atoms with Crippen molar-refractivity contribution in [2.24, 2.45) is 0 Å². The molecule has 0 aliphatic carbocycles. The van der Waals surface area contributed by atoms with Gasteiger partial charge in [-0.1, -0.05) is 36.4 Å². The molecule has 0 heterocycles. The maximum atomic E-state index is 9.50. The van der Waals surface area contributed by atoms with E-state index in [-0.39, 0.29) is 12.4 Å². The lowest BCUT2D eigenvalue weighted by molar-refractivity contribution is 0.299. The van der Waals surface area contributed by atoms with Gasteiger partial charge in [-0.05, 0) is 35.2 Å². The van der Waals surface area contributed by atoms with Crippen LogP contribution in [0, 0.1) is 0 Å². The van der Waals surface area contributed by atoms with E-state index in [4.69, 9.17) is 5.11 Å². The van der Waals surface area contributed by atoms with Crippen LogP contribution in [-0.4, -0.2) is 16.8 Å². The molecule has 0 amide bonds. The van der Waals surface area contributed by atoms with Crippen molar-refractivity contribution in [2.75, 3.05) is 6.61 Å². The summed E-state index contributed by atoms with van der Waals surface area (Å²) in [5.41, 5.74) is 3.09. The Balaban J connectivity index is 2.49. The molecule has 0 aliphatic rings. The predicted molar refractivity (Wildman–Crippen MR) is 64.3 cm³/mol. The number of phenolic OH excluding ortho intramolecular Hbond substituents is 1. The van der Waals surface area contributed by atoms with Gasteiger partial charge in [-0.3, -0.25) is 0 Å². The summed E-state index contributed by atoms with van der Waals surface area (Å²) in [5.74, 6) is 0.251. The highest BCUT2D eigenvalue weighted by Gasteiger charge is 2.05. The maximum absolute atomic E-state index is 9.50. The summed E-state index contributed by atoms with van der Waals surface area (Å²) in [6.07, 6.45) is 0.602. The maximum Gasteiger partial charge on any atom is 0.116 e. The van der Waals surface area contributed by atoms with Crippen LogP contribution in [0.15, 0.2) is 48.5 Å². The molecule has 0 bridgehead atoms. The van der Waals surface area contributed by atoms with Crippen LogP contribution in [0.5, 0.6) is 5.75 Å². The molecule has 2 nitrogen and oxygen atoms in total. The smallest absolute Gasteiger partial charge is 0.116 e. The molecule has 2 aromatic carbocycles. The van der Waals surface area contributed by atoms with E-state index in [1.807, 2.05) is 36.4 Å². The number of aliphatic hydroxyl groups excluding tert-OH is 1. The molecule has 0 spiro atoms. The minimum Gasteiger partial charge on any atom is -0.508 e. The Morgan fingerprint density at radius 1 is 0.938 bits per heavy atom. The van der Waals surface area contributed by atoms with E-state index in [1.54, 1.807) is 12.1 Å².